The highest BCUT2D eigenvalue weighted by Gasteiger charge is 2.49. The number of carbonyl (C=O) groups excluding carboxylic acids is 1. The Kier molecular flexibility index (Phi) is 5.31. The van der Waals surface area contributed by atoms with Crippen LogP contribution in [0.25, 0.3) is 0 Å². The first kappa shape index (κ1) is 21.4. The van der Waals surface area contributed by atoms with Crippen molar-refractivity contribution in [1.29, 1.82) is 0 Å². The van der Waals surface area contributed by atoms with Crippen molar-refractivity contribution < 1.29 is 18.0 Å². The molecule has 0 fully saturated rings. The molecule has 160 valence electrons. The van der Waals surface area contributed by atoms with E-state index in [1.807, 2.05) is 0 Å². The molecule has 0 unspecified atom stereocenters. The molecule has 1 aromatic heterocycles. The van der Waals surface area contributed by atoms with E-state index in [0.717, 1.165) is 4.57 Å². The van der Waals surface area contributed by atoms with E-state index in [1.165, 1.54) is 0 Å². The molecule has 10 heteroatoms. The van der Waals surface area contributed by atoms with E-state index in [4.69, 9.17) is 23.2 Å². The fourth-order valence-electron chi connectivity index (χ4n) is 3.71. The third-order valence-electron chi connectivity index (χ3n) is 5.10. The van der Waals surface area contributed by atoms with Crippen LogP contribution in [-0.2, 0) is 29.4 Å². The van der Waals surface area contributed by atoms with Crippen molar-refractivity contribution in [3.63, 3.8) is 0 Å². The first-order valence-electron chi connectivity index (χ1n) is 9.11. The molecular formula is C21H14Cl2F3N3O2. The van der Waals surface area contributed by atoms with Crippen molar-refractivity contribution in [1.82, 2.24) is 9.55 Å². The van der Waals surface area contributed by atoms with Crippen molar-refractivity contribution in [2.24, 2.45) is 0 Å². The van der Waals surface area contributed by atoms with Crippen LogP contribution < -0.4 is 10.9 Å². The lowest BCUT2D eigenvalue weighted by atomic mass is 9.84. The zero-order chi connectivity index (χ0) is 22.4. The SMILES string of the molecule is O=C1Nc2nc(C(F)(F)F)cc(=O)n2C1(Cc1ccc(Cl)cc1)Cc1ccc(Cl)cc1. The highest BCUT2D eigenvalue weighted by atomic mass is 35.5. The predicted molar refractivity (Wildman–Crippen MR) is 110 cm³/mol. The standard InChI is InChI=1S/C21H14Cl2F3N3O2/c22-14-5-1-12(2-6-14)10-20(11-13-3-7-15(23)8-4-13)18(31)28-19-27-16(21(24,25)26)9-17(30)29(19)20/h1-9H,10-11H2,(H,27,28,31). The van der Waals surface area contributed by atoms with E-state index in [2.05, 4.69) is 10.3 Å². The van der Waals surface area contributed by atoms with Crippen LogP contribution in [0.5, 0.6) is 0 Å². The van der Waals surface area contributed by atoms with Crippen molar-refractivity contribution in [2.45, 2.75) is 24.6 Å². The number of hydrogen-bond acceptors (Lipinski definition) is 3. The van der Waals surface area contributed by atoms with Gasteiger partial charge in [0.2, 0.25) is 5.95 Å². The number of fused-ring (bicyclic) bond motifs is 1. The molecule has 5 nitrogen and oxygen atoms in total. The summed E-state index contributed by atoms with van der Waals surface area (Å²) in [7, 11) is 0. The normalized spacial score (nSPS) is 14.9. The van der Waals surface area contributed by atoms with E-state index in [-0.39, 0.29) is 12.8 Å². The minimum Gasteiger partial charge on any atom is -0.294 e. The summed E-state index contributed by atoms with van der Waals surface area (Å²) < 4.78 is 40.4. The maximum absolute atomic E-state index is 13.2. The van der Waals surface area contributed by atoms with E-state index in [9.17, 15) is 22.8 Å². The number of halogens is 5. The number of anilines is 1. The van der Waals surface area contributed by atoms with Gasteiger partial charge in [-0.05, 0) is 35.4 Å². The molecule has 4 rings (SSSR count). The van der Waals surface area contributed by atoms with Crippen molar-refractivity contribution >= 4 is 35.1 Å². The fraction of sp³-hybridized carbons (Fsp3) is 0.190. The number of amides is 1. The Morgan fingerprint density at radius 1 is 0.903 bits per heavy atom. The van der Waals surface area contributed by atoms with Crippen molar-refractivity contribution in [3.8, 4) is 0 Å². The van der Waals surface area contributed by atoms with Crippen LogP contribution in [0.2, 0.25) is 10.0 Å². The number of carbonyl (C=O) groups is 1. The molecule has 1 N–H and O–H groups in total. The molecule has 31 heavy (non-hydrogen) atoms. The minimum absolute atomic E-state index is 0.0403. The van der Waals surface area contributed by atoms with Gasteiger partial charge in [-0.3, -0.25) is 19.5 Å². The summed E-state index contributed by atoms with van der Waals surface area (Å²) in [6.07, 6.45) is -4.74. The van der Waals surface area contributed by atoms with Gasteiger partial charge in [-0.25, -0.2) is 4.98 Å². The second kappa shape index (κ2) is 7.69. The van der Waals surface area contributed by atoms with Gasteiger partial charge in [0.15, 0.2) is 5.69 Å². The van der Waals surface area contributed by atoms with E-state index < -0.39 is 34.8 Å². The van der Waals surface area contributed by atoms with Gasteiger partial charge in [-0.1, -0.05) is 47.5 Å². The number of hydrogen-bond donors (Lipinski definition) is 1. The lowest BCUT2D eigenvalue weighted by Gasteiger charge is -2.29. The molecule has 0 bridgehead atoms. The summed E-state index contributed by atoms with van der Waals surface area (Å²) in [4.78, 5) is 29.5. The Balaban J connectivity index is 1.88. The van der Waals surface area contributed by atoms with Crippen LogP contribution >= 0.6 is 23.2 Å². The molecule has 0 radical (unpaired) electrons. The molecule has 0 aliphatic carbocycles. The highest BCUT2D eigenvalue weighted by molar-refractivity contribution is 6.30. The topological polar surface area (TPSA) is 64.0 Å². The maximum atomic E-state index is 13.2. The van der Waals surface area contributed by atoms with Crippen LogP contribution in [0.1, 0.15) is 16.8 Å². The van der Waals surface area contributed by atoms with Gasteiger partial charge in [-0.2, -0.15) is 13.2 Å². The molecule has 0 saturated carbocycles. The summed E-state index contributed by atoms with van der Waals surface area (Å²) in [5, 5.41) is 3.34. The Bertz CT molecular complexity index is 1160. The number of aromatic nitrogens is 2. The molecule has 1 aliphatic rings. The first-order valence-corrected chi connectivity index (χ1v) is 9.86. The molecule has 3 aromatic rings. The number of benzene rings is 2. The van der Waals surface area contributed by atoms with Gasteiger partial charge in [0, 0.05) is 29.0 Å². The summed E-state index contributed by atoms with van der Waals surface area (Å²) in [5.74, 6) is -1.06. The average Bonchev–Trinajstić information content (AvgIpc) is 2.96. The maximum Gasteiger partial charge on any atom is 0.433 e. The first-order chi connectivity index (χ1) is 14.6. The Labute approximate surface area is 184 Å². The van der Waals surface area contributed by atoms with Crippen molar-refractivity contribution in [3.05, 3.63) is 91.8 Å². The largest absolute Gasteiger partial charge is 0.433 e. The summed E-state index contributed by atoms with van der Waals surface area (Å²) in [6.45, 7) is 0. The Morgan fingerprint density at radius 3 is 1.84 bits per heavy atom. The molecule has 0 atom stereocenters. The molecule has 2 heterocycles. The third kappa shape index (κ3) is 4.05. The quantitative estimate of drug-likeness (QED) is 0.604. The third-order valence-corrected chi connectivity index (χ3v) is 5.61. The number of nitrogens with one attached hydrogen (secondary N) is 1. The van der Waals surface area contributed by atoms with E-state index in [1.54, 1.807) is 48.5 Å². The van der Waals surface area contributed by atoms with Gasteiger partial charge in [-0.15, -0.1) is 0 Å². The molecule has 0 saturated heterocycles. The molecule has 1 aliphatic heterocycles. The Morgan fingerprint density at radius 2 is 1.39 bits per heavy atom. The van der Waals surface area contributed by atoms with Crippen LogP contribution in [0.3, 0.4) is 0 Å². The van der Waals surface area contributed by atoms with E-state index >= 15 is 0 Å². The predicted octanol–water partition coefficient (Wildman–Crippen LogP) is 4.70. The molecule has 2 aromatic carbocycles. The van der Waals surface area contributed by atoms with Crippen LogP contribution in [0.4, 0.5) is 19.1 Å². The summed E-state index contributed by atoms with van der Waals surface area (Å²) >= 11 is 11.9. The lowest BCUT2D eigenvalue weighted by molar-refractivity contribution is -0.141. The molecule has 0 spiro atoms. The number of rotatable bonds is 4. The Hall–Kier alpha value is -2.84. The zero-order valence-corrected chi connectivity index (χ0v) is 17.2. The summed E-state index contributed by atoms with van der Waals surface area (Å²) in [6, 6.07) is 13.7. The van der Waals surface area contributed by atoms with Gasteiger partial charge in [0.05, 0.1) is 0 Å². The highest BCUT2D eigenvalue weighted by Crippen LogP contribution is 2.36. The van der Waals surface area contributed by atoms with Crippen LogP contribution in [-0.4, -0.2) is 15.5 Å². The molecule has 1 amide bonds. The second-order valence-electron chi connectivity index (χ2n) is 7.23. The van der Waals surface area contributed by atoms with Gasteiger partial charge in [0.25, 0.3) is 11.5 Å². The number of nitrogens with zero attached hydrogens (tertiary/aromatic N) is 2. The van der Waals surface area contributed by atoms with Crippen LogP contribution in [0.15, 0.2) is 59.4 Å². The number of alkyl halides is 3. The van der Waals surface area contributed by atoms with E-state index in [0.29, 0.717) is 27.2 Å². The van der Waals surface area contributed by atoms with Crippen molar-refractivity contribution in [2.75, 3.05) is 5.32 Å². The smallest absolute Gasteiger partial charge is 0.294 e. The van der Waals surface area contributed by atoms with Gasteiger partial charge >= 0.3 is 6.18 Å². The minimum atomic E-state index is -4.82. The lowest BCUT2D eigenvalue weighted by Crippen LogP contribution is -2.47. The van der Waals surface area contributed by atoms with Gasteiger partial charge < -0.3 is 0 Å². The molecular weight excluding hydrogens is 454 g/mol. The van der Waals surface area contributed by atoms with Crippen LogP contribution in [0, 0.1) is 0 Å². The zero-order valence-electron chi connectivity index (χ0n) is 15.7. The summed E-state index contributed by atoms with van der Waals surface area (Å²) in [5.41, 5.74) is -2.51. The second-order valence-corrected chi connectivity index (χ2v) is 8.10. The average molecular weight is 468 g/mol. The monoisotopic (exact) mass is 467 g/mol. The fourth-order valence-corrected chi connectivity index (χ4v) is 3.96. The van der Waals surface area contributed by atoms with Gasteiger partial charge in [0.1, 0.15) is 5.54 Å².